The Morgan fingerprint density at radius 1 is 0.923 bits per heavy atom. The molecule has 1 aromatic heterocycles. The lowest BCUT2D eigenvalue weighted by Gasteiger charge is -2.15. The van der Waals surface area contributed by atoms with Gasteiger partial charge in [-0.05, 0) is 13.8 Å². The number of aryl methyl sites for hydroxylation is 2. The first-order chi connectivity index (χ1) is 6.29. The second-order valence-corrected chi connectivity index (χ2v) is 4.00. The molecule has 0 N–H and O–H groups in total. The van der Waals surface area contributed by atoms with Gasteiger partial charge in [0.05, 0.1) is 0 Å². The van der Waals surface area contributed by atoms with E-state index in [-0.39, 0.29) is 0 Å². The van der Waals surface area contributed by atoms with Crippen LogP contribution in [0.15, 0.2) is 0 Å². The largest absolute Gasteiger partial charge is 0.485 e. The minimum absolute atomic E-state index is 0.685. The maximum Gasteiger partial charge on any atom is 0.175 e. The van der Waals surface area contributed by atoms with Crippen molar-refractivity contribution in [2.75, 3.05) is 13.2 Å². The topological polar surface area (TPSA) is 18.5 Å². The summed E-state index contributed by atoms with van der Waals surface area (Å²) in [5.41, 5.74) is 0. The molecule has 74 valence electrons. The quantitative estimate of drug-likeness (QED) is 0.640. The van der Waals surface area contributed by atoms with Crippen LogP contribution >= 0.6 is 11.3 Å². The smallest absolute Gasteiger partial charge is 0.175 e. The van der Waals surface area contributed by atoms with Gasteiger partial charge in [-0.15, -0.1) is 11.3 Å². The zero-order chi connectivity index (χ0) is 9.84. The number of ether oxygens (including phenoxy) is 2. The van der Waals surface area contributed by atoms with Gasteiger partial charge in [-0.3, -0.25) is 0 Å². The first-order valence-electron chi connectivity index (χ1n) is 4.64. The minimum atomic E-state index is 0.685. The molecule has 1 aliphatic heterocycles. The molecule has 0 aromatic carbocycles. The van der Waals surface area contributed by atoms with Gasteiger partial charge in [0.1, 0.15) is 13.2 Å². The molecule has 2 rings (SSSR count). The number of hydrogen-bond donors (Lipinski definition) is 0. The number of rotatable bonds is 0. The summed E-state index contributed by atoms with van der Waals surface area (Å²) in [6.07, 6.45) is 0. The lowest BCUT2D eigenvalue weighted by molar-refractivity contribution is 0.171. The Bertz CT molecular complexity index is 252. The molecule has 1 aromatic rings. The van der Waals surface area contributed by atoms with Crippen LogP contribution in [0.1, 0.15) is 23.6 Å². The SMILES string of the molecule is CC.Cc1sc(C)c2c1OCCO2. The molecule has 0 saturated heterocycles. The summed E-state index contributed by atoms with van der Waals surface area (Å²) in [5, 5.41) is 0. The summed E-state index contributed by atoms with van der Waals surface area (Å²) >= 11 is 1.74. The zero-order valence-electron chi connectivity index (χ0n) is 8.64. The third-order valence-electron chi connectivity index (χ3n) is 1.73. The Morgan fingerprint density at radius 2 is 1.31 bits per heavy atom. The standard InChI is InChI=1S/C8H10O2S.C2H6/c1-5-7-8(6(2)11-5)10-4-3-9-7;1-2/h3-4H2,1-2H3;1-2H3. The molecule has 2 nitrogen and oxygen atoms in total. The van der Waals surface area contributed by atoms with Crippen LogP contribution < -0.4 is 9.47 Å². The van der Waals surface area contributed by atoms with E-state index in [1.165, 1.54) is 9.75 Å². The van der Waals surface area contributed by atoms with Crippen molar-refractivity contribution >= 4 is 11.3 Å². The summed E-state index contributed by atoms with van der Waals surface area (Å²) in [7, 11) is 0. The second-order valence-electron chi connectivity index (χ2n) is 2.57. The van der Waals surface area contributed by atoms with Gasteiger partial charge in [0, 0.05) is 9.75 Å². The summed E-state index contributed by atoms with van der Waals surface area (Å²) in [6.45, 7) is 9.49. The Labute approximate surface area is 83.5 Å². The molecule has 0 amide bonds. The molecule has 3 heteroatoms. The zero-order valence-corrected chi connectivity index (χ0v) is 9.46. The molecule has 2 heterocycles. The molecule has 0 bridgehead atoms. The summed E-state index contributed by atoms with van der Waals surface area (Å²) in [4.78, 5) is 2.44. The van der Waals surface area contributed by atoms with Gasteiger partial charge in [0.2, 0.25) is 0 Å². The van der Waals surface area contributed by atoms with Crippen molar-refractivity contribution in [2.45, 2.75) is 27.7 Å². The fraction of sp³-hybridized carbons (Fsp3) is 0.600. The molecule has 13 heavy (non-hydrogen) atoms. The molecule has 0 atom stereocenters. The van der Waals surface area contributed by atoms with E-state index in [0.717, 1.165) is 11.5 Å². The van der Waals surface area contributed by atoms with Gasteiger partial charge >= 0.3 is 0 Å². The van der Waals surface area contributed by atoms with E-state index in [2.05, 4.69) is 13.8 Å². The van der Waals surface area contributed by atoms with Crippen molar-refractivity contribution < 1.29 is 9.47 Å². The average molecular weight is 200 g/mol. The molecule has 1 aliphatic rings. The van der Waals surface area contributed by atoms with Crippen LogP contribution in [-0.4, -0.2) is 13.2 Å². The predicted molar refractivity (Wildman–Crippen MR) is 56.1 cm³/mol. The van der Waals surface area contributed by atoms with Gasteiger partial charge < -0.3 is 9.47 Å². The third-order valence-corrected chi connectivity index (χ3v) is 2.71. The Kier molecular flexibility index (Phi) is 3.60. The van der Waals surface area contributed by atoms with E-state index in [4.69, 9.17) is 9.47 Å². The summed E-state index contributed by atoms with van der Waals surface area (Å²) in [5.74, 6) is 1.91. The monoisotopic (exact) mass is 200 g/mol. The Balaban J connectivity index is 0.000000396. The normalized spacial score (nSPS) is 13.2. The molecule has 0 fully saturated rings. The summed E-state index contributed by atoms with van der Waals surface area (Å²) in [6, 6.07) is 0. The number of fused-ring (bicyclic) bond motifs is 1. The first kappa shape index (κ1) is 10.4. The van der Waals surface area contributed by atoms with Gasteiger partial charge in [0.25, 0.3) is 0 Å². The van der Waals surface area contributed by atoms with Gasteiger partial charge in [-0.2, -0.15) is 0 Å². The van der Waals surface area contributed by atoms with E-state index < -0.39 is 0 Å². The van der Waals surface area contributed by atoms with Crippen LogP contribution in [0, 0.1) is 13.8 Å². The van der Waals surface area contributed by atoms with E-state index in [0.29, 0.717) is 13.2 Å². The highest BCUT2D eigenvalue weighted by molar-refractivity contribution is 7.12. The number of hydrogen-bond acceptors (Lipinski definition) is 3. The van der Waals surface area contributed by atoms with Crippen molar-refractivity contribution in [3.05, 3.63) is 9.75 Å². The highest BCUT2D eigenvalue weighted by Crippen LogP contribution is 2.42. The lowest BCUT2D eigenvalue weighted by Crippen LogP contribution is -2.14. The van der Waals surface area contributed by atoms with Crippen LogP contribution in [0.2, 0.25) is 0 Å². The van der Waals surface area contributed by atoms with Crippen molar-refractivity contribution in [3.63, 3.8) is 0 Å². The predicted octanol–water partition coefficient (Wildman–Crippen LogP) is 3.16. The van der Waals surface area contributed by atoms with Gasteiger partial charge in [-0.25, -0.2) is 0 Å². The van der Waals surface area contributed by atoms with Gasteiger partial charge in [0.15, 0.2) is 11.5 Å². The van der Waals surface area contributed by atoms with Crippen LogP contribution in [0.5, 0.6) is 11.5 Å². The van der Waals surface area contributed by atoms with Crippen LogP contribution in [0.4, 0.5) is 0 Å². The molecule has 0 aliphatic carbocycles. The van der Waals surface area contributed by atoms with Crippen LogP contribution in [0.25, 0.3) is 0 Å². The fourth-order valence-electron chi connectivity index (χ4n) is 1.26. The third kappa shape index (κ3) is 1.97. The molecular weight excluding hydrogens is 184 g/mol. The number of thiophene rings is 1. The minimum Gasteiger partial charge on any atom is -0.485 e. The molecule has 0 saturated carbocycles. The van der Waals surface area contributed by atoms with Crippen LogP contribution in [0.3, 0.4) is 0 Å². The van der Waals surface area contributed by atoms with E-state index in [9.17, 15) is 0 Å². The molecule has 0 unspecified atom stereocenters. The molecular formula is C10H16O2S. The first-order valence-corrected chi connectivity index (χ1v) is 5.46. The van der Waals surface area contributed by atoms with Gasteiger partial charge in [-0.1, -0.05) is 13.8 Å². The highest BCUT2D eigenvalue weighted by atomic mass is 32.1. The fourth-order valence-corrected chi connectivity index (χ4v) is 2.21. The maximum atomic E-state index is 5.46. The van der Waals surface area contributed by atoms with E-state index in [1.54, 1.807) is 11.3 Å². The molecule has 0 spiro atoms. The summed E-state index contributed by atoms with van der Waals surface area (Å²) < 4.78 is 10.9. The Morgan fingerprint density at radius 3 is 1.69 bits per heavy atom. The van der Waals surface area contributed by atoms with Crippen molar-refractivity contribution in [2.24, 2.45) is 0 Å². The molecule has 0 radical (unpaired) electrons. The second kappa shape index (κ2) is 4.51. The Hall–Kier alpha value is -0.700. The van der Waals surface area contributed by atoms with E-state index in [1.807, 2.05) is 13.8 Å². The lowest BCUT2D eigenvalue weighted by atomic mass is 10.3. The van der Waals surface area contributed by atoms with Crippen LogP contribution in [-0.2, 0) is 0 Å². The van der Waals surface area contributed by atoms with E-state index >= 15 is 0 Å². The van der Waals surface area contributed by atoms with Crippen molar-refractivity contribution in [1.82, 2.24) is 0 Å². The average Bonchev–Trinajstić information content (AvgIpc) is 2.47. The highest BCUT2D eigenvalue weighted by Gasteiger charge is 2.19. The van der Waals surface area contributed by atoms with Crippen molar-refractivity contribution in [1.29, 1.82) is 0 Å². The maximum absolute atomic E-state index is 5.46. The van der Waals surface area contributed by atoms with Crippen molar-refractivity contribution in [3.8, 4) is 11.5 Å².